The smallest absolute Gasteiger partial charge is 0.314 e. The highest BCUT2D eigenvalue weighted by Gasteiger charge is 2.39. The Labute approximate surface area is 256 Å². The molecule has 44 heavy (non-hydrogen) atoms. The minimum Gasteiger partial charge on any atom is -0.488 e. The molecule has 228 valence electrons. The van der Waals surface area contributed by atoms with E-state index >= 15 is 8.78 Å². The van der Waals surface area contributed by atoms with E-state index in [0.29, 0.717) is 17.7 Å². The number of allylic oxidation sites excluding steroid dienone is 1. The van der Waals surface area contributed by atoms with Crippen molar-refractivity contribution in [1.82, 2.24) is 14.5 Å². The number of aromatic amines is 1. The van der Waals surface area contributed by atoms with Gasteiger partial charge in [-0.1, -0.05) is 31.2 Å². The van der Waals surface area contributed by atoms with Crippen molar-refractivity contribution < 1.29 is 22.6 Å². The number of hydrogen-bond donors (Lipinski definition) is 1. The number of benzene rings is 2. The second-order valence-corrected chi connectivity index (χ2v) is 10.7. The van der Waals surface area contributed by atoms with E-state index in [1.807, 2.05) is 6.07 Å². The number of pyridine rings is 1. The second kappa shape index (κ2) is 12.8. The Morgan fingerprint density at radius 2 is 1.93 bits per heavy atom. The van der Waals surface area contributed by atoms with Crippen LogP contribution in [0.3, 0.4) is 0 Å². The third-order valence-corrected chi connectivity index (χ3v) is 6.78. The number of hydrogen-bond acceptors (Lipinski definition) is 6. The van der Waals surface area contributed by atoms with Crippen LogP contribution in [0.25, 0.3) is 11.1 Å². The number of aromatic nitrogens is 3. The van der Waals surface area contributed by atoms with E-state index < -0.39 is 39.9 Å². The first-order valence-corrected chi connectivity index (χ1v) is 13.9. The van der Waals surface area contributed by atoms with Crippen LogP contribution in [-0.2, 0) is 18.9 Å². The maximum atomic E-state index is 15.2. The Bertz CT molecular complexity index is 1910. The summed E-state index contributed by atoms with van der Waals surface area (Å²) in [7, 11) is 0. The Morgan fingerprint density at radius 3 is 2.55 bits per heavy atom. The van der Waals surface area contributed by atoms with Gasteiger partial charge >= 0.3 is 5.92 Å². The predicted molar refractivity (Wildman–Crippen MR) is 160 cm³/mol. The molecule has 1 N–H and O–H groups in total. The van der Waals surface area contributed by atoms with Crippen molar-refractivity contribution >= 4 is 11.6 Å². The first-order valence-electron chi connectivity index (χ1n) is 13.5. The largest absolute Gasteiger partial charge is 0.488 e. The number of nitrogens with one attached hydrogen (secondary N) is 1. The van der Waals surface area contributed by atoms with Gasteiger partial charge in [0.25, 0.3) is 11.1 Å². The highest BCUT2D eigenvalue weighted by molar-refractivity contribution is 6.30. The van der Waals surface area contributed by atoms with Gasteiger partial charge in [0.2, 0.25) is 5.75 Å². The molecule has 0 amide bonds. The van der Waals surface area contributed by atoms with E-state index in [4.69, 9.17) is 21.1 Å². The van der Waals surface area contributed by atoms with Crippen LogP contribution in [0.4, 0.5) is 13.2 Å². The number of rotatable bonds is 10. The molecule has 0 aliphatic carbocycles. The quantitative estimate of drug-likeness (QED) is 0.188. The van der Waals surface area contributed by atoms with Gasteiger partial charge in [0, 0.05) is 16.3 Å². The molecule has 4 rings (SSSR count). The van der Waals surface area contributed by atoms with Gasteiger partial charge < -0.3 is 14.5 Å². The molecule has 4 aromatic rings. The minimum atomic E-state index is -3.74. The standard InChI is InChI=1S/C32H28ClF3N4O4/c1-6-26-21(11-24(30(41)39-26)20-7-8-27(25(34)12-20)43-18(4)5)15-40-16-38-29(32(35,36)17(2)3)28(31(40)42)44-23-10-19(14-37)9-22(33)13-23/h7-13,16,18H,2,6,15H2,1,3-5H3,(H,39,41). The van der Waals surface area contributed by atoms with Crippen LogP contribution in [0, 0.1) is 17.1 Å². The van der Waals surface area contributed by atoms with Gasteiger partial charge in [0.15, 0.2) is 17.3 Å². The summed E-state index contributed by atoms with van der Waals surface area (Å²) in [5, 5.41) is 9.37. The molecule has 0 saturated carbocycles. The fourth-order valence-corrected chi connectivity index (χ4v) is 4.61. The topological polar surface area (TPSA) is 110 Å². The maximum absolute atomic E-state index is 15.2. The summed E-state index contributed by atoms with van der Waals surface area (Å²) in [5.41, 5.74) is -1.60. The lowest BCUT2D eigenvalue weighted by atomic mass is 10.0. The Hall–Kier alpha value is -4.82. The van der Waals surface area contributed by atoms with Crippen molar-refractivity contribution in [2.24, 2.45) is 0 Å². The Balaban J connectivity index is 1.84. The summed E-state index contributed by atoms with van der Waals surface area (Å²) in [6.45, 7) is 9.50. The normalized spacial score (nSPS) is 11.4. The molecule has 0 saturated heterocycles. The second-order valence-electron chi connectivity index (χ2n) is 10.3. The molecule has 12 heteroatoms. The molecule has 2 aromatic carbocycles. The first-order chi connectivity index (χ1) is 20.7. The van der Waals surface area contributed by atoms with E-state index in [0.717, 1.165) is 17.8 Å². The fourth-order valence-electron chi connectivity index (χ4n) is 4.39. The van der Waals surface area contributed by atoms with Gasteiger partial charge in [-0.3, -0.25) is 14.2 Å². The third kappa shape index (κ3) is 6.71. The van der Waals surface area contributed by atoms with Gasteiger partial charge in [-0.25, -0.2) is 9.37 Å². The van der Waals surface area contributed by atoms with E-state index in [9.17, 15) is 19.2 Å². The van der Waals surface area contributed by atoms with E-state index in [2.05, 4.69) is 16.5 Å². The molecule has 0 aliphatic rings. The van der Waals surface area contributed by atoms with Crippen LogP contribution >= 0.6 is 11.6 Å². The molecular weight excluding hydrogens is 597 g/mol. The first kappa shape index (κ1) is 32.1. The van der Waals surface area contributed by atoms with E-state index in [-0.39, 0.29) is 45.9 Å². The number of H-pyrrole nitrogens is 1. The zero-order valence-corrected chi connectivity index (χ0v) is 25.1. The van der Waals surface area contributed by atoms with Crippen molar-refractivity contribution in [3.8, 4) is 34.4 Å². The number of alkyl halides is 2. The number of nitrogens with zero attached hydrogens (tertiary/aromatic N) is 3. The highest BCUT2D eigenvalue weighted by Crippen LogP contribution is 2.39. The summed E-state index contributed by atoms with van der Waals surface area (Å²) in [6.07, 6.45) is 1.04. The molecule has 0 aliphatic heterocycles. The van der Waals surface area contributed by atoms with Crippen molar-refractivity contribution in [1.29, 1.82) is 5.26 Å². The zero-order valence-electron chi connectivity index (χ0n) is 24.3. The van der Waals surface area contributed by atoms with Gasteiger partial charge in [-0.2, -0.15) is 14.0 Å². The van der Waals surface area contributed by atoms with Gasteiger partial charge in [-0.15, -0.1) is 0 Å². The lowest BCUT2D eigenvalue weighted by Crippen LogP contribution is -2.29. The van der Waals surface area contributed by atoms with Crippen LogP contribution in [0.1, 0.15) is 50.2 Å². The number of aryl methyl sites for hydroxylation is 1. The number of halogens is 4. The Morgan fingerprint density at radius 1 is 1.20 bits per heavy atom. The van der Waals surface area contributed by atoms with Crippen LogP contribution in [0.2, 0.25) is 5.02 Å². The van der Waals surface area contributed by atoms with E-state index in [1.165, 1.54) is 42.5 Å². The van der Waals surface area contributed by atoms with Crippen molar-refractivity contribution in [3.05, 3.63) is 115 Å². The highest BCUT2D eigenvalue weighted by atomic mass is 35.5. The molecular formula is C32H28ClF3N4O4. The van der Waals surface area contributed by atoms with Crippen molar-refractivity contribution in [2.75, 3.05) is 0 Å². The molecule has 0 spiro atoms. The Kier molecular flexibility index (Phi) is 9.35. The lowest BCUT2D eigenvalue weighted by Gasteiger charge is -2.20. The minimum absolute atomic E-state index is 0.0315. The molecule has 0 atom stereocenters. The summed E-state index contributed by atoms with van der Waals surface area (Å²) in [5.74, 6) is -5.29. The van der Waals surface area contributed by atoms with Crippen molar-refractivity contribution in [2.45, 2.75) is 52.7 Å². The summed E-state index contributed by atoms with van der Waals surface area (Å²) in [6, 6.07) is 11.4. The van der Waals surface area contributed by atoms with Crippen LogP contribution in [0.5, 0.6) is 17.2 Å². The van der Waals surface area contributed by atoms with E-state index in [1.54, 1.807) is 20.8 Å². The van der Waals surface area contributed by atoms with Gasteiger partial charge in [-0.05, 0) is 80.3 Å². The van der Waals surface area contributed by atoms with Crippen LogP contribution in [-0.4, -0.2) is 20.6 Å². The monoisotopic (exact) mass is 624 g/mol. The summed E-state index contributed by atoms with van der Waals surface area (Å²) >= 11 is 6.05. The third-order valence-electron chi connectivity index (χ3n) is 6.57. The van der Waals surface area contributed by atoms with Crippen molar-refractivity contribution in [3.63, 3.8) is 0 Å². The van der Waals surface area contributed by atoms with Gasteiger partial charge in [0.1, 0.15) is 5.75 Å². The lowest BCUT2D eigenvalue weighted by molar-refractivity contribution is 0.0309. The molecule has 2 aromatic heterocycles. The average molecular weight is 625 g/mol. The molecule has 0 unspecified atom stereocenters. The van der Waals surface area contributed by atoms with Crippen LogP contribution < -0.4 is 20.6 Å². The number of ether oxygens (including phenoxy) is 2. The molecule has 2 heterocycles. The molecule has 0 bridgehead atoms. The predicted octanol–water partition coefficient (Wildman–Crippen LogP) is 7.12. The molecule has 8 nitrogen and oxygen atoms in total. The van der Waals surface area contributed by atoms with Gasteiger partial charge in [0.05, 0.1) is 30.6 Å². The SMILES string of the molecule is C=C(C)C(F)(F)c1ncn(Cc2cc(-c3ccc(OC(C)C)c(F)c3)c(=O)[nH]c2CC)c(=O)c1Oc1cc(Cl)cc(C#N)c1. The number of nitriles is 1. The maximum Gasteiger partial charge on any atom is 0.314 e. The summed E-state index contributed by atoms with van der Waals surface area (Å²) < 4.78 is 57.3. The average Bonchev–Trinajstić information content (AvgIpc) is 2.96. The fraction of sp³-hybridized carbons (Fsp3) is 0.250. The zero-order chi connectivity index (χ0) is 32.3. The summed E-state index contributed by atoms with van der Waals surface area (Å²) in [4.78, 5) is 33.3. The molecule has 0 fully saturated rings. The van der Waals surface area contributed by atoms with Crippen LogP contribution in [0.15, 0.2) is 70.5 Å². The molecule has 0 radical (unpaired) electrons.